The lowest BCUT2D eigenvalue weighted by atomic mass is 10.1. The Labute approximate surface area is 185 Å². The molecular weight excluding hydrogens is 392 g/mol. The maximum Gasteiger partial charge on any atom is 0.261 e. The van der Waals surface area contributed by atoms with Gasteiger partial charge in [-0.1, -0.05) is 31.2 Å². The van der Waals surface area contributed by atoms with Crippen molar-refractivity contribution in [2.45, 2.75) is 59.2 Å². The van der Waals surface area contributed by atoms with E-state index in [2.05, 4.69) is 12.2 Å². The van der Waals surface area contributed by atoms with Crippen LogP contribution in [0.3, 0.4) is 0 Å². The SMILES string of the molecule is CCc1ccc(OCC(=O)N(Cc2cccc(OC)c2)[C@H](C)C(=O)NC(C)(C)C)cc1. The van der Waals surface area contributed by atoms with E-state index in [1.807, 2.05) is 69.3 Å². The average molecular weight is 427 g/mol. The minimum absolute atomic E-state index is 0.150. The van der Waals surface area contributed by atoms with Crippen LogP contribution in [0.25, 0.3) is 0 Å². The molecule has 2 amide bonds. The summed E-state index contributed by atoms with van der Waals surface area (Å²) in [4.78, 5) is 27.4. The monoisotopic (exact) mass is 426 g/mol. The molecule has 0 radical (unpaired) electrons. The van der Waals surface area contributed by atoms with Crippen LogP contribution < -0.4 is 14.8 Å². The predicted molar refractivity (Wildman–Crippen MR) is 122 cm³/mol. The van der Waals surface area contributed by atoms with Crippen LogP contribution in [0.4, 0.5) is 0 Å². The number of carbonyl (C=O) groups is 2. The first-order valence-electron chi connectivity index (χ1n) is 10.6. The number of nitrogens with one attached hydrogen (secondary N) is 1. The molecule has 168 valence electrons. The van der Waals surface area contributed by atoms with Gasteiger partial charge in [0.05, 0.1) is 7.11 Å². The minimum atomic E-state index is -0.663. The van der Waals surface area contributed by atoms with E-state index >= 15 is 0 Å². The molecule has 0 aliphatic heterocycles. The quantitative estimate of drug-likeness (QED) is 0.659. The zero-order valence-electron chi connectivity index (χ0n) is 19.4. The van der Waals surface area contributed by atoms with Crippen molar-refractivity contribution in [2.24, 2.45) is 0 Å². The number of carbonyl (C=O) groups excluding carboxylic acids is 2. The molecular formula is C25H34N2O4. The molecule has 6 nitrogen and oxygen atoms in total. The molecule has 0 aliphatic rings. The molecule has 1 N–H and O–H groups in total. The van der Waals surface area contributed by atoms with E-state index in [9.17, 15) is 9.59 Å². The van der Waals surface area contributed by atoms with Gasteiger partial charge in [0.2, 0.25) is 5.91 Å². The molecule has 2 aromatic rings. The molecule has 2 aromatic carbocycles. The summed E-state index contributed by atoms with van der Waals surface area (Å²) in [5.74, 6) is 0.845. The second-order valence-corrected chi connectivity index (χ2v) is 8.57. The molecule has 0 saturated heterocycles. The molecule has 0 fully saturated rings. The highest BCUT2D eigenvalue weighted by Gasteiger charge is 2.28. The van der Waals surface area contributed by atoms with Crippen LogP contribution in [0.2, 0.25) is 0 Å². The first kappa shape index (κ1) is 24.3. The summed E-state index contributed by atoms with van der Waals surface area (Å²) in [6, 6.07) is 14.5. The summed E-state index contributed by atoms with van der Waals surface area (Å²) in [5, 5.41) is 2.95. The Hall–Kier alpha value is -3.02. The molecule has 0 aliphatic carbocycles. The summed E-state index contributed by atoms with van der Waals surface area (Å²) in [6.07, 6.45) is 0.938. The molecule has 6 heteroatoms. The summed E-state index contributed by atoms with van der Waals surface area (Å²) in [6.45, 7) is 9.67. The highest BCUT2D eigenvalue weighted by molar-refractivity contribution is 5.88. The predicted octanol–water partition coefficient (Wildman–Crippen LogP) is 3.97. The number of hydrogen-bond donors (Lipinski definition) is 1. The van der Waals surface area contributed by atoms with Crippen LogP contribution in [-0.4, -0.2) is 42.0 Å². The van der Waals surface area contributed by atoms with Crippen LogP contribution in [0, 0.1) is 0 Å². The van der Waals surface area contributed by atoms with E-state index in [4.69, 9.17) is 9.47 Å². The Morgan fingerprint density at radius 3 is 2.29 bits per heavy atom. The summed E-state index contributed by atoms with van der Waals surface area (Å²) in [7, 11) is 1.60. The van der Waals surface area contributed by atoms with Crippen LogP contribution >= 0.6 is 0 Å². The van der Waals surface area contributed by atoms with Gasteiger partial charge in [-0.3, -0.25) is 9.59 Å². The second-order valence-electron chi connectivity index (χ2n) is 8.57. The van der Waals surface area contributed by atoms with Gasteiger partial charge in [-0.2, -0.15) is 0 Å². The van der Waals surface area contributed by atoms with Crippen LogP contribution in [0.15, 0.2) is 48.5 Å². The van der Waals surface area contributed by atoms with Crippen molar-refractivity contribution >= 4 is 11.8 Å². The van der Waals surface area contributed by atoms with Gasteiger partial charge in [0.1, 0.15) is 17.5 Å². The highest BCUT2D eigenvalue weighted by atomic mass is 16.5. The zero-order valence-corrected chi connectivity index (χ0v) is 19.4. The molecule has 0 bridgehead atoms. The van der Waals surface area contributed by atoms with Crippen molar-refractivity contribution in [1.82, 2.24) is 10.2 Å². The van der Waals surface area contributed by atoms with Crippen LogP contribution in [0.1, 0.15) is 45.7 Å². The van der Waals surface area contributed by atoms with Crippen molar-refractivity contribution in [3.63, 3.8) is 0 Å². The third-order valence-electron chi connectivity index (χ3n) is 4.85. The number of rotatable bonds is 9. The minimum Gasteiger partial charge on any atom is -0.497 e. The first-order chi connectivity index (χ1) is 14.6. The molecule has 31 heavy (non-hydrogen) atoms. The van der Waals surface area contributed by atoms with Gasteiger partial charge >= 0.3 is 0 Å². The number of methoxy groups -OCH3 is 1. The van der Waals surface area contributed by atoms with E-state index in [1.54, 1.807) is 14.0 Å². The lowest BCUT2D eigenvalue weighted by molar-refractivity contribution is -0.142. The number of hydrogen-bond acceptors (Lipinski definition) is 4. The van der Waals surface area contributed by atoms with Gasteiger partial charge in [0, 0.05) is 12.1 Å². The van der Waals surface area contributed by atoms with Crippen LogP contribution in [0.5, 0.6) is 11.5 Å². The lowest BCUT2D eigenvalue weighted by Crippen LogP contribution is -2.53. The lowest BCUT2D eigenvalue weighted by Gasteiger charge is -2.31. The molecule has 2 rings (SSSR count). The Morgan fingerprint density at radius 2 is 1.71 bits per heavy atom. The smallest absolute Gasteiger partial charge is 0.261 e. The number of ether oxygens (including phenoxy) is 2. The molecule has 0 heterocycles. The highest BCUT2D eigenvalue weighted by Crippen LogP contribution is 2.18. The van der Waals surface area contributed by atoms with Crippen molar-refractivity contribution in [1.29, 1.82) is 0 Å². The largest absolute Gasteiger partial charge is 0.497 e. The third-order valence-corrected chi connectivity index (χ3v) is 4.85. The normalized spacial score (nSPS) is 12.1. The molecule has 0 aromatic heterocycles. The number of benzene rings is 2. The van der Waals surface area contributed by atoms with Gasteiger partial charge in [-0.05, 0) is 69.5 Å². The summed E-state index contributed by atoms with van der Waals surface area (Å²) >= 11 is 0. The van der Waals surface area contributed by atoms with Gasteiger partial charge in [0.25, 0.3) is 5.91 Å². The van der Waals surface area contributed by atoms with E-state index in [0.717, 1.165) is 12.0 Å². The first-order valence-corrected chi connectivity index (χ1v) is 10.6. The van der Waals surface area contributed by atoms with Crippen molar-refractivity contribution in [3.05, 3.63) is 59.7 Å². The fraction of sp³-hybridized carbons (Fsp3) is 0.440. The molecule has 0 spiro atoms. The standard InChI is InChI=1S/C25H34N2O4/c1-7-19-11-13-21(14-12-19)31-17-23(28)27(18(2)24(29)26-25(3,4)5)16-20-9-8-10-22(15-20)30-6/h8-15,18H,7,16-17H2,1-6H3,(H,26,29)/t18-/m1/s1. The van der Waals surface area contributed by atoms with Gasteiger partial charge in [-0.25, -0.2) is 0 Å². The molecule has 1 atom stereocenters. The van der Waals surface area contributed by atoms with Gasteiger partial charge < -0.3 is 19.7 Å². The number of amides is 2. The topological polar surface area (TPSA) is 67.9 Å². The summed E-state index contributed by atoms with van der Waals surface area (Å²) < 4.78 is 11.0. The Kier molecular flexibility index (Phi) is 8.48. The van der Waals surface area contributed by atoms with E-state index in [0.29, 0.717) is 11.5 Å². The number of nitrogens with zero attached hydrogens (tertiary/aromatic N) is 1. The maximum absolute atomic E-state index is 13.1. The van der Waals surface area contributed by atoms with E-state index in [-0.39, 0.29) is 25.0 Å². The fourth-order valence-electron chi connectivity index (χ4n) is 3.07. The maximum atomic E-state index is 13.1. The molecule has 0 unspecified atom stereocenters. The van der Waals surface area contributed by atoms with Crippen molar-refractivity contribution < 1.29 is 19.1 Å². The van der Waals surface area contributed by atoms with Gasteiger partial charge in [0.15, 0.2) is 6.61 Å². The van der Waals surface area contributed by atoms with Crippen molar-refractivity contribution in [2.75, 3.05) is 13.7 Å². The fourth-order valence-corrected chi connectivity index (χ4v) is 3.07. The van der Waals surface area contributed by atoms with Gasteiger partial charge in [-0.15, -0.1) is 0 Å². The van der Waals surface area contributed by atoms with E-state index in [1.165, 1.54) is 10.5 Å². The van der Waals surface area contributed by atoms with E-state index < -0.39 is 11.6 Å². The number of aryl methyl sites for hydroxylation is 1. The summed E-state index contributed by atoms with van der Waals surface area (Å²) in [5.41, 5.74) is 1.68. The second kappa shape index (κ2) is 10.8. The third kappa shape index (κ3) is 7.63. The average Bonchev–Trinajstić information content (AvgIpc) is 2.74. The Bertz CT molecular complexity index is 872. The van der Waals surface area contributed by atoms with Crippen molar-refractivity contribution in [3.8, 4) is 11.5 Å². The van der Waals surface area contributed by atoms with Crippen LogP contribution in [-0.2, 0) is 22.6 Å². The Morgan fingerprint density at radius 1 is 1.03 bits per heavy atom. The Balaban J connectivity index is 2.17. The zero-order chi connectivity index (χ0) is 23.0. The molecule has 0 saturated carbocycles.